The largest absolute Gasteiger partial charge is 0.455 e. The molecule has 1 heterocycles. The van der Waals surface area contributed by atoms with Gasteiger partial charge in [-0.1, -0.05) is 82.8 Å². The van der Waals surface area contributed by atoms with E-state index in [4.69, 9.17) is 51.1 Å². The van der Waals surface area contributed by atoms with Gasteiger partial charge in [0.1, 0.15) is 11.5 Å². The van der Waals surface area contributed by atoms with Crippen LogP contribution in [0.3, 0.4) is 0 Å². The first-order chi connectivity index (χ1) is 20.2. The Labute approximate surface area is 259 Å². The Morgan fingerprint density at radius 3 is 2.17 bits per heavy atom. The average molecular weight is 643 g/mol. The van der Waals surface area contributed by atoms with Crippen LogP contribution in [0.15, 0.2) is 106 Å². The van der Waals surface area contributed by atoms with Crippen molar-refractivity contribution in [3.63, 3.8) is 0 Å². The number of carbonyl (C=O) groups is 2. The van der Waals surface area contributed by atoms with Crippen molar-refractivity contribution in [1.82, 2.24) is 10.9 Å². The molecule has 0 atom stereocenters. The van der Waals surface area contributed by atoms with Gasteiger partial charge in [-0.25, -0.2) is 10.2 Å². The fourth-order valence-electron chi connectivity index (χ4n) is 4.15. The van der Waals surface area contributed by atoms with Gasteiger partial charge in [0.2, 0.25) is 11.6 Å². The smallest absolute Gasteiger partial charge is 0.337 e. The minimum atomic E-state index is -1.55. The minimum absolute atomic E-state index is 0.286. The van der Waals surface area contributed by atoms with Crippen LogP contribution in [0, 0.1) is 0 Å². The molecule has 0 bridgehead atoms. The molecule has 42 heavy (non-hydrogen) atoms. The molecule has 3 N–H and O–H groups in total. The molecule has 1 aliphatic rings. The number of hydrogen-bond acceptors (Lipinski definition) is 7. The van der Waals surface area contributed by atoms with Crippen molar-refractivity contribution in [1.29, 1.82) is 0 Å². The second-order valence-corrected chi connectivity index (χ2v) is 10.6. The molecule has 0 saturated carbocycles. The van der Waals surface area contributed by atoms with Crippen molar-refractivity contribution in [3.05, 3.63) is 111 Å². The van der Waals surface area contributed by atoms with Gasteiger partial charge in [0.25, 0.3) is 0 Å². The number of hydrogen-bond donors (Lipinski definition) is 3. The minimum Gasteiger partial charge on any atom is -0.455 e. The summed E-state index contributed by atoms with van der Waals surface area (Å²) in [6.07, 6.45) is -0.355. The molecule has 14 heteroatoms. The normalized spacial score (nSPS) is 13.0. The first-order valence-corrected chi connectivity index (χ1v) is 13.7. The Kier molecular flexibility index (Phi) is 8.89. The molecule has 212 valence electrons. The fraction of sp³-hybridized carbons (Fsp3) is 0.0714. The van der Waals surface area contributed by atoms with E-state index in [1.165, 1.54) is 0 Å². The number of nitrogens with one attached hydrogen (secondary N) is 3. The highest BCUT2D eigenvalue weighted by Gasteiger charge is 2.41. The monoisotopic (exact) mass is 641 g/mol. The molecule has 0 fully saturated rings. The summed E-state index contributed by atoms with van der Waals surface area (Å²) in [6.45, 7) is 0. The maximum Gasteiger partial charge on any atom is 0.337 e. The fourth-order valence-corrected chi connectivity index (χ4v) is 5.12. The third kappa shape index (κ3) is 6.80. The van der Waals surface area contributed by atoms with Crippen LogP contribution in [0.2, 0.25) is 20.1 Å². The number of anilines is 1. The first kappa shape index (κ1) is 29.3. The standard InChI is InChI=1S/C28H19Cl4N7O3/c29-17-9-10-25(22(32)14-17)42-24-8-4-2-6-21(24)28(36-38-39-37-28)15-26(40)34-35-27(41)33-23-7-3-1-5-20(23)16-11-18(30)13-19(31)12-16/h1-14H,15H2,(H,34,40)(H2,33,35,41). The molecule has 0 spiro atoms. The summed E-state index contributed by atoms with van der Waals surface area (Å²) in [4.78, 5) is 25.7. The van der Waals surface area contributed by atoms with Gasteiger partial charge in [-0.15, -0.1) is 10.2 Å². The number of nitrogens with zero attached hydrogens (tertiary/aromatic N) is 4. The maximum absolute atomic E-state index is 13.0. The van der Waals surface area contributed by atoms with Crippen LogP contribution < -0.4 is 20.9 Å². The van der Waals surface area contributed by atoms with Crippen molar-refractivity contribution >= 4 is 64.0 Å². The molecule has 5 rings (SSSR count). The van der Waals surface area contributed by atoms with Crippen molar-refractivity contribution in [2.45, 2.75) is 12.1 Å². The Morgan fingerprint density at radius 1 is 0.738 bits per heavy atom. The summed E-state index contributed by atoms with van der Waals surface area (Å²) in [5, 5.41) is 19.8. The summed E-state index contributed by atoms with van der Waals surface area (Å²) >= 11 is 24.6. The lowest BCUT2D eigenvalue weighted by Gasteiger charge is -2.23. The van der Waals surface area contributed by atoms with Crippen LogP contribution in [-0.4, -0.2) is 11.9 Å². The highest BCUT2D eigenvalue weighted by molar-refractivity contribution is 6.36. The average Bonchev–Trinajstić information content (AvgIpc) is 3.43. The summed E-state index contributed by atoms with van der Waals surface area (Å²) < 4.78 is 6.02. The second kappa shape index (κ2) is 12.7. The van der Waals surface area contributed by atoms with Gasteiger partial charge in [0.05, 0.1) is 17.1 Å². The van der Waals surface area contributed by atoms with E-state index in [-0.39, 0.29) is 11.4 Å². The Bertz CT molecular complexity index is 1700. The van der Waals surface area contributed by atoms with Crippen molar-refractivity contribution in [2.75, 3.05) is 5.32 Å². The van der Waals surface area contributed by atoms with Crippen molar-refractivity contribution in [3.8, 4) is 22.6 Å². The van der Waals surface area contributed by atoms with Gasteiger partial charge in [0, 0.05) is 26.2 Å². The molecule has 0 unspecified atom stereocenters. The lowest BCUT2D eigenvalue weighted by Crippen LogP contribution is -2.45. The van der Waals surface area contributed by atoms with Crippen LogP contribution in [0.5, 0.6) is 11.5 Å². The zero-order valence-electron chi connectivity index (χ0n) is 21.3. The van der Waals surface area contributed by atoms with Crippen LogP contribution >= 0.6 is 46.4 Å². The number of halogens is 4. The van der Waals surface area contributed by atoms with Crippen LogP contribution in [-0.2, 0) is 10.5 Å². The number of urea groups is 1. The van der Waals surface area contributed by atoms with Gasteiger partial charge in [-0.3, -0.25) is 10.2 Å². The molecule has 4 aromatic rings. The number of carbonyl (C=O) groups excluding carboxylic acids is 2. The van der Waals surface area contributed by atoms with E-state index < -0.39 is 17.6 Å². The third-order valence-corrected chi connectivity index (χ3v) is 6.93. The lowest BCUT2D eigenvalue weighted by molar-refractivity contribution is -0.123. The van der Waals surface area contributed by atoms with E-state index in [2.05, 4.69) is 36.8 Å². The maximum atomic E-state index is 13.0. The first-order valence-electron chi connectivity index (χ1n) is 12.2. The number of ether oxygens (including phenoxy) is 1. The van der Waals surface area contributed by atoms with E-state index in [1.54, 1.807) is 78.9 Å². The molecular weight excluding hydrogens is 624 g/mol. The molecule has 1 aliphatic heterocycles. The van der Waals surface area contributed by atoms with E-state index in [9.17, 15) is 9.59 Å². The topological polar surface area (TPSA) is 129 Å². The van der Waals surface area contributed by atoms with Gasteiger partial charge >= 0.3 is 6.03 Å². The number of para-hydroxylation sites is 2. The molecule has 4 aromatic carbocycles. The van der Waals surface area contributed by atoms with Crippen molar-refractivity contribution < 1.29 is 14.3 Å². The summed E-state index contributed by atoms with van der Waals surface area (Å²) in [7, 11) is 0. The molecule has 3 amide bonds. The Hall–Kier alpha value is -4.22. The predicted molar refractivity (Wildman–Crippen MR) is 161 cm³/mol. The van der Waals surface area contributed by atoms with Gasteiger partial charge in [0.15, 0.2) is 0 Å². The molecule has 0 radical (unpaired) electrons. The highest BCUT2D eigenvalue weighted by Crippen LogP contribution is 2.43. The van der Waals surface area contributed by atoms with Gasteiger partial charge in [-0.2, -0.15) is 0 Å². The van der Waals surface area contributed by atoms with Gasteiger partial charge in [-0.05, 0) is 64.5 Å². The summed E-state index contributed by atoms with van der Waals surface area (Å²) in [5.41, 5.74) is 5.39. The molecular formula is C28H19Cl4N7O3. The number of hydrazine groups is 1. The molecule has 0 aromatic heterocycles. The number of benzene rings is 4. The van der Waals surface area contributed by atoms with Crippen LogP contribution in [0.25, 0.3) is 11.1 Å². The van der Waals surface area contributed by atoms with Crippen LogP contribution in [0.4, 0.5) is 10.5 Å². The van der Waals surface area contributed by atoms with E-state index >= 15 is 0 Å². The van der Waals surface area contributed by atoms with E-state index in [0.717, 1.165) is 0 Å². The van der Waals surface area contributed by atoms with Crippen molar-refractivity contribution in [2.24, 2.45) is 20.7 Å². The quantitative estimate of drug-likeness (QED) is 0.174. The zero-order chi connectivity index (χ0) is 29.7. The van der Waals surface area contributed by atoms with Crippen LogP contribution in [0.1, 0.15) is 12.0 Å². The summed E-state index contributed by atoms with van der Waals surface area (Å²) in [6, 6.07) is 23.0. The lowest BCUT2D eigenvalue weighted by atomic mass is 9.96. The predicted octanol–water partition coefficient (Wildman–Crippen LogP) is 8.99. The van der Waals surface area contributed by atoms with E-state index in [0.29, 0.717) is 48.9 Å². The van der Waals surface area contributed by atoms with Gasteiger partial charge < -0.3 is 10.1 Å². The SMILES string of the molecule is O=C(CC1(c2ccccc2Oc2ccc(Cl)cc2Cl)N=NN=N1)NNC(=O)Nc1ccccc1-c1cc(Cl)cc(Cl)c1. The second-order valence-electron chi connectivity index (χ2n) is 8.88. The number of amides is 3. The van der Waals surface area contributed by atoms with E-state index in [1.807, 2.05) is 6.07 Å². The zero-order valence-corrected chi connectivity index (χ0v) is 24.3. The Morgan fingerprint density at radius 2 is 1.43 bits per heavy atom. The highest BCUT2D eigenvalue weighted by atomic mass is 35.5. The molecule has 0 aliphatic carbocycles. The molecule has 10 nitrogen and oxygen atoms in total. The number of rotatable bonds is 7. The summed E-state index contributed by atoms with van der Waals surface area (Å²) in [5.74, 6) is 0.0237. The third-order valence-electron chi connectivity index (χ3n) is 5.96. The molecule has 0 saturated heterocycles. The Balaban J connectivity index is 1.28.